The molecule has 0 fully saturated rings. The second-order valence-electron chi connectivity index (χ2n) is 3.35. The molecule has 0 spiro atoms. The number of nitrogens with zero attached hydrogens (tertiary/aromatic N) is 2. The molecule has 1 heterocycles. The average Bonchev–Trinajstić information content (AvgIpc) is 2.63. The second-order valence-corrected chi connectivity index (χ2v) is 3.35. The third kappa shape index (κ3) is 3.79. The summed E-state index contributed by atoms with van der Waals surface area (Å²) in [5.74, 6) is 1.15. The Morgan fingerprint density at radius 3 is 2.93 bits per heavy atom. The van der Waals surface area contributed by atoms with Crippen LogP contribution in [0.2, 0.25) is 0 Å². The van der Waals surface area contributed by atoms with E-state index >= 15 is 0 Å². The van der Waals surface area contributed by atoms with Crippen molar-refractivity contribution in [3.63, 3.8) is 0 Å². The lowest BCUT2D eigenvalue weighted by molar-refractivity contribution is -0.117. The second kappa shape index (κ2) is 5.60. The maximum atomic E-state index is 10.7. The SMILES string of the molecule is CCOC(C)c1noc(CCC(C)=O)n1. The van der Waals surface area contributed by atoms with E-state index in [2.05, 4.69) is 10.1 Å². The van der Waals surface area contributed by atoms with E-state index in [0.717, 1.165) is 0 Å². The van der Waals surface area contributed by atoms with Gasteiger partial charge in [0.25, 0.3) is 0 Å². The molecule has 0 amide bonds. The van der Waals surface area contributed by atoms with Crippen molar-refractivity contribution in [1.29, 1.82) is 0 Å². The van der Waals surface area contributed by atoms with Crippen LogP contribution >= 0.6 is 0 Å². The van der Waals surface area contributed by atoms with Crippen LogP contribution in [-0.2, 0) is 16.0 Å². The van der Waals surface area contributed by atoms with Gasteiger partial charge >= 0.3 is 0 Å². The summed E-state index contributed by atoms with van der Waals surface area (Å²) in [6.07, 6.45) is 0.774. The molecule has 5 nitrogen and oxygen atoms in total. The highest BCUT2D eigenvalue weighted by Crippen LogP contribution is 2.13. The number of carbonyl (C=O) groups excluding carboxylic acids is 1. The van der Waals surface area contributed by atoms with Gasteiger partial charge in [0.15, 0.2) is 5.82 Å². The molecule has 0 aliphatic heterocycles. The van der Waals surface area contributed by atoms with Crippen LogP contribution in [0.1, 0.15) is 45.0 Å². The number of hydrogen-bond donors (Lipinski definition) is 0. The van der Waals surface area contributed by atoms with Gasteiger partial charge in [-0.3, -0.25) is 0 Å². The molecule has 0 saturated carbocycles. The number of aryl methyl sites for hydroxylation is 1. The van der Waals surface area contributed by atoms with Crippen molar-refractivity contribution in [2.45, 2.75) is 39.7 Å². The van der Waals surface area contributed by atoms with Crippen molar-refractivity contribution in [2.75, 3.05) is 6.61 Å². The van der Waals surface area contributed by atoms with Gasteiger partial charge in [0.1, 0.15) is 11.9 Å². The van der Waals surface area contributed by atoms with Gasteiger partial charge in [0, 0.05) is 19.4 Å². The van der Waals surface area contributed by atoms with E-state index in [0.29, 0.717) is 31.2 Å². The Balaban J connectivity index is 2.51. The molecule has 0 aliphatic rings. The van der Waals surface area contributed by atoms with E-state index in [1.54, 1.807) is 6.92 Å². The molecule has 5 heteroatoms. The summed E-state index contributed by atoms with van der Waals surface area (Å²) in [6, 6.07) is 0. The van der Waals surface area contributed by atoms with Crippen molar-refractivity contribution < 1.29 is 14.1 Å². The van der Waals surface area contributed by atoms with Crippen LogP contribution in [-0.4, -0.2) is 22.5 Å². The minimum Gasteiger partial charge on any atom is -0.371 e. The number of rotatable bonds is 6. The van der Waals surface area contributed by atoms with Crippen molar-refractivity contribution in [3.05, 3.63) is 11.7 Å². The summed E-state index contributed by atoms with van der Waals surface area (Å²) in [7, 11) is 0. The van der Waals surface area contributed by atoms with Crippen molar-refractivity contribution in [3.8, 4) is 0 Å². The first-order chi connectivity index (χ1) is 7.13. The van der Waals surface area contributed by atoms with E-state index in [-0.39, 0.29) is 11.9 Å². The summed E-state index contributed by atoms with van der Waals surface area (Å²) in [4.78, 5) is 14.9. The Hall–Kier alpha value is -1.23. The number of ketones is 1. The van der Waals surface area contributed by atoms with E-state index in [1.807, 2.05) is 13.8 Å². The Morgan fingerprint density at radius 1 is 1.60 bits per heavy atom. The molecular weight excluding hydrogens is 196 g/mol. The summed E-state index contributed by atoms with van der Waals surface area (Å²) in [5.41, 5.74) is 0. The van der Waals surface area contributed by atoms with E-state index in [4.69, 9.17) is 9.26 Å². The summed E-state index contributed by atoms with van der Waals surface area (Å²) in [5, 5.41) is 3.79. The quantitative estimate of drug-likeness (QED) is 0.717. The summed E-state index contributed by atoms with van der Waals surface area (Å²) in [6.45, 7) is 5.93. The molecule has 1 unspecified atom stereocenters. The number of ether oxygens (including phenoxy) is 1. The molecule has 1 atom stereocenters. The summed E-state index contributed by atoms with van der Waals surface area (Å²) < 4.78 is 10.3. The van der Waals surface area contributed by atoms with Crippen molar-refractivity contribution in [1.82, 2.24) is 10.1 Å². The molecule has 1 aromatic heterocycles. The topological polar surface area (TPSA) is 65.2 Å². The molecule has 0 bridgehead atoms. The zero-order chi connectivity index (χ0) is 11.3. The maximum absolute atomic E-state index is 10.7. The number of hydrogen-bond acceptors (Lipinski definition) is 5. The van der Waals surface area contributed by atoms with E-state index < -0.39 is 0 Å². The lowest BCUT2D eigenvalue weighted by Crippen LogP contribution is -2.02. The van der Waals surface area contributed by atoms with Crippen LogP contribution in [0.4, 0.5) is 0 Å². The van der Waals surface area contributed by atoms with Crippen LogP contribution in [0.25, 0.3) is 0 Å². The minimum atomic E-state index is -0.162. The molecule has 1 aromatic rings. The first-order valence-corrected chi connectivity index (χ1v) is 5.07. The number of Topliss-reactive ketones (excluding diaryl/α,β-unsaturated/α-hetero) is 1. The lowest BCUT2D eigenvalue weighted by Gasteiger charge is -2.04. The third-order valence-electron chi connectivity index (χ3n) is 1.96. The Morgan fingerprint density at radius 2 is 2.33 bits per heavy atom. The van der Waals surface area contributed by atoms with Gasteiger partial charge in [-0.15, -0.1) is 0 Å². The first kappa shape index (κ1) is 11.8. The van der Waals surface area contributed by atoms with Crippen molar-refractivity contribution in [2.24, 2.45) is 0 Å². The largest absolute Gasteiger partial charge is 0.371 e. The zero-order valence-electron chi connectivity index (χ0n) is 9.32. The Labute approximate surface area is 88.8 Å². The normalized spacial score (nSPS) is 12.7. The van der Waals surface area contributed by atoms with Gasteiger partial charge in [-0.25, -0.2) is 0 Å². The van der Waals surface area contributed by atoms with Gasteiger partial charge in [0.05, 0.1) is 0 Å². The standard InChI is InChI=1S/C10H16N2O3/c1-4-14-8(3)10-11-9(15-12-10)6-5-7(2)13/h8H,4-6H2,1-3H3. The molecule has 84 valence electrons. The maximum Gasteiger partial charge on any atom is 0.227 e. The molecule has 15 heavy (non-hydrogen) atoms. The minimum absolute atomic E-state index is 0.118. The van der Waals surface area contributed by atoms with Crippen LogP contribution < -0.4 is 0 Å². The van der Waals surface area contributed by atoms with Gasteiger partial charge in [-0.1, -0.05) is 5.16 Å². The zero-order valence-corrected chi connectivity index (χ0v) is 9.32. The highest BCUT2D eigenvalue weighted by Gasteiger charge is 2.13. The van der Waals surface area contributed by atoms with E-state index in [1.165, 1.54) is 0 Å². The van der Waals surface area contributed by atoms with Crippen LogP contribution in [0.3, 0.4) is 0 Å². The monoisotopic (exact) mass is 212 g/mol. The number of carbonyl (C=O) groups is 1. The van der Waals surface area contributed by atoms with Crippen LogP contribution in [0, 0.1) is 0 Å². The van der Waals surface area contributed by atoms with Gasteiger partial charge in [-0.05, 0) is 20.8 Å². The highest BCUT2D eigenvalue weighted by molar-refractivity contribution is 5.75. The predicted octanol–water partition coefficient (Wildman–Crippen LogP) is 1.69. The van der Waals surface area contributed by atoms with Gasteiger partial charge < -0.3 is 14.1 Å². The average molecular weight is 212 g/mol. The summed E-state index contributed by atoms with van der Waals surface area (Å²) >= 11 is 0. The van der Waals surface area contributed by atoms with E-state index in [9.17, 15) is 4.79 Å². The fourth-order valence-corrected chi connectivity index (χ4v) is 1.14. The van der Waals surface area contributed by atoms with Crippen LogP contribution in [0.5, 0.6) is 0 Å². The Kier molecular flexibility index (Phi) is 4.42. The third-order valence-corrected chi connectivity index (χ3v) is 1.96. The van der Waals surface area contributed by atoms with Crippen LogP contribution in [0.15, 0.2) is 4.52 Å². The van der Waals surface area contributed by atoms with Gasteiger partial charge in [-0.2, -0.15) is 4.98 Å². The molecule has 0 N–H and O–H groups in total. The molecule has 0 saturated heterocycles. The molecule has 1 rings (SSSR count). The number of aromatic nitrogens is 2. The first-order valence-electron chi connectivity index (χ1n) is 5.07. The molecule has 0 aliphatic carbocycles. The molecular formula is C10H16N2O3. The fourth-order valence-electron chi connectivity index (χ4n) is 1.14. The molecule has 0 radical (unpaired) electrons. The molecule has 0 aromatic carbocycles. The van der Waals surface area contributed by atoms with Crippen molar-refractivity contribution >= 4 is 5.78 Å². The fraction of sp³-hybridized carbons (Fsp3) is 0.700. The van der Waals surface area contributed by atoms with Gasteiger partial charge in [0.2, 0.25) is 5.89 Å². The smallest absolute Gasteiger partial charge is 0.227 e. The highest BCUT2D eigenvalue weighted by atomic mass is 16.5. The predicted molar refractivity (Wildman–Crippen MR) is 53.3 cm³/mol. The lowest BCUT2D eigenvalue weighted by atomic mass is 10.2. The Bertz CT molecular complexity index is 322.